The highest BCUT2D eigenvalue weighted by Gasteiger charge is 2.34. The molecule has 1 atom stereocenters. The molecule has 0 radical (unpaired) electrons. The Morgan fingerprint density at radius 3 is 2.53 bits per heavy atom. The summed E-state index contributed by atoms with van der Waals surface area (Å²) in [5, 5.41) is 2.66. The molecule has 1 N–H and O–H groups in total. The molecule has 1 aliphatic carbocycles. The van der Waals surface area contributed by atoms with Gasteiger partial charge in [-0.15, -0.1) is 0 Å². The Hall–Kier alpha value is -3.63. The summed E-state index contributed by atoms with van der Waals surface area (Å²) < 4.78 is 45.3. The van der Waals surface area contributed by atoms with Crippen LogP contribution in [0.5, 0.6) is 5.88 Å². The summed E-state index contributed by atoms with van der Waals surface area (Å²) in [6.07, 6.45) is 3.22. The minimum Gasteiger partial charge on any atom is -0.477 e. The van der Waals surface area contributed by atoms with E-state index in [2.05, 4.69) is 30.2 Å². The first-order valence-electron chi connectivity index (χ1n) is 9.92. The van der Waals surface area contributed by atoms with E-state index in [4.69, 9.17) is 4.74 Å². The van der Waals surface area contributed by atoms with E-state index in [-0.39, 0.29) is 18.1 Å². The molecule has 1 aliphatic rings. The fourth-order valence-corrected chi connectivity index (χ4v) is 2.95. The van der Waals surface area contributed by atoms with Crippen LogP contribution < -0.4 is 10.1 Å². The van der Waals surface area contributed by atoms with Crippen LogP contribution in [0.4, 0.5) is 13.2 Å². The number of pyridine rings is 1. The predicted molar refractivity (Wildman–Crippen MR) is 106 cm³/mol. The molecule has 1 amide bonds. The summed E-state index contributed by atoms with van der Waals surface area (Å²) in [4.78, 5) is 33.1. The Labute approximate surface area is 181 Å². The molecule has 1 fully saturated rings. The number of ether oxygens (including phenoxy) is 1. The fraction of sp³-hybridized carbons (Fsp3) is 0.333. The highest BCUT2D eigenvalue weighted by Crippen LogP contribution is 2.32. The van der Waals surface area contributed by atoms with Crippen LogP contribution >= 0.6 is 0 Å². The van der Waals surface area contributed by atoms with Crippen molar-refractivity contribution in [1.82, 2.24) is 30.2 Å². The smallest absolute Gasteiger partial charge is 0.433 e. The Balaban J connectivity index is 1.58. The molecule has 0 aliphatic heterocycles. The van der Waals surface area contributed by atoms with Crippen molar-refractivity contribution in [3.8, 4) is 17.4 Å². The van der Waals surface area contributed by atoms with Crippen molar-refractivity contribution < 1.29 is 22.7 Å². The minimum absolute atomic E-state index is 0.216. The molecule has 0 aromatic carbocycles. The Bertz CT molecular complexity index is 1110. The van der Waals surface area contributed by atoms with Crippen molar-refractivity contribution in [3.05, 3.63) is 59.9 Å². The third-order valence-electron chi connectivity index (χ3n) is 4.78. The SMILES string of the molecule is CC(NC(=O)c1cc(OCC2CC2)nc(C(F)(F)F)c1)c1nccnc1-c1ncccn1. The van der Waals surface area contributed by atoms with E-state index < -0.39 is 23.8 Å². The first kappa shape index (κ1) is 21.6. The second-order valence-electron chi connectivity index (χ2n) is 7.39. The number of alkyl halides is 3. The van der Waals surface area contributed by atoms with Crippen molar-refractivity contribution in [1.29, 1.82) is 0 Å². The number of aromatic nitrogens is 5. The van der Waals surface area contributed by atoms with E-state index in [0.717, 1.165) is 12.8 Å². The number of hydrogen-bond donors (Lipinski definition) is 1. The van der Waals surface area contributed by atoms with Gasteiger partial charge in [-0.2, -0.15) is 13.2 Å². The largest absolute Gasteiger partial charge is 0.477 e. The Kier molecular flexibility index (Phi) is 5.97. The monoisotopic (exact) mass is 444 g/mol. The molecule has 3 aromatic rings. The second kappa shape index (κ2) is 8.85. The molecule has 166 valence electrons. The third-order valence-corrected chi connectivity index (χ3v) is 4.78. The van der Waals surface area contributed by atoms with Gasteiger partial charge in [0.05, 0.1) is 18.3 Å². The maximum atomic E-state index is 13.3. The van der Waals surface area contributed by atoms with E-state index in [1.54, 1.807) is 25.4 Å². The Morgan fingerprint density at radius 2 is 1.84 bits per heavy atom. The number of rotatable bonds is 7. The summed E-state index contributed by atoms with van der Waals surface area (Å²) in [5.74, 6) is -0.329. The van der Waals surface area contributed by atoms with Crippen LogP contribution in [-0.2, 0) is 6.18 Å². The maximum absolute atomic E-state index is 13.3. The van der Waals surface area contributed by atoms with Gasteiger partial charge in [0.1, 0.15) is 11.4 Å². The van der Waals surface area contributed by atoms with Gasteiger partial charge in [0, 0.05) is 36.4 Å². The summed E-state index contributed by atoms with van der Waals surface area (Å²) in [6, 6.07) is 2.87. The van der Waals surface area contributed by atoms with Crippen LogP contribution in [0.2, 0.25) is 0 Å². The molecule has 0 spiro atoms. The molecule has 1 saturated carbocycles. The summed E-state index contributed by atoms with van der Waals surface area (Å²) in [6.45, 7) is 1.91. The number of nitrogens with zero attached hydrogens (tertiary/aromatic N) is 5. The van der Waals surface area contributed by atoms with E-state index in [9.17, 15) is 18.0 Å². The van der Waals surface area contributed by atoms with Gasteiger partial charge in [-0.3, -0.25) is 9.78 Å². The van der Waals surface area contributed by atoms with E-state index in [0.29, 0.717) is 29.2 Å². The Morgan fingerprint density at radius 1 is 1.12 bits per heavy atom. The standard InChI is InChI=1S/C21H19F3N6O2/c1-12(17-18(26-8-7-25-17)19-27-5-2-6-28-19)29-20(31)14-9-15(21(22,23)24)30-16(10-14)32-11-13-3-4-13/h2,5-10,12-13H,3-4,11H2,1H3,(H,29,31). The normalized spacial score (nSPS) is 14.6. The zero-order chi connectivity index (χ0) is 22.7. The van der Waals surface area contributed by atoms with Gasteiger partial charge in [0.25, 0.3) is 5.91 Å². The summed E-state index contributed by atoms with van der Waals surface area (Å²) >= 11 is 0. The van der Waals surface area contributed by atoms with Crippen LogP contribution in [0.25, 0.3) is 11.5 Å². The quantitative estimate of drug-likeness (QED) is 0.594. The van der Waals surface area contributed by atoms with Gasteiger partial charge in [-0.05, 0) is 37.8 Å². The fourth-order valence-electron chi connectivity index (χ4n) is 2.95. The van der Waals surface area contributed by atoms with Crippen LogP contribution in [0.15, 0.2) is 43.0 Å². The number of halogens is 3. The van der Waals surface area contributed by atoms with Crippen LogP contribution in [0.1, 0.15) is 47.6 Å². The van der Waals surface area contributed by atoms with Crippen LogP contribution in [0.3, 0.4) is 0 Å². The van der Waals surface area contributed by atoms with Crippen molar-refractivity contribution in [2.45, 2.75) is 32.0 Å². The number of nitrogens with one attached hydrogen (secondary N) is 1. The lowest BCUT2D eigenvalue weighted by Gasteiger charge is -2.17. The van der Waals surface area contributed by atoms with Crippen molar-refractivity contribution >= 4 is 5.91 Å². The number of carbonyl (C=O) groups excluding carboxylic acids is 1. The molecule has 0 saturated heterocycles. The number of amides is 1. The first-order valence-corrected chi connectivity index (χ1v) is 9.92. The molecule has 0 bridgehead atoms. The van der Waals surface area contributed by atoms with Crippen molar-refractivity contribution in [2.75, 3.05) is 6.61 Å². The van der Waals surface area contributed by atoms with E-state index in [1.165, 1.54) is 18.5 Å². The zero-order valence-corrected chi connectivity index (χ0v) is 17.0. The first-order chi connectivity index (χ1) is 15.3. The van der Waals surface area contributed by atoms with Gasteiger partial charge >= 0.3 is 6.18 Å². The van der Waals surface area contributed by atoms with Gasteiger partial charge in [-0.25, -0.2) is 19.9 Å². The van der Waals surface area contributed by atoms with Crippen LogP contribution in [-0.4, -0.2) is 37.4 Å². The van der Waals surface area contributed by atoms with Crippen molar-refractivity contribution in [2.24, 2.45) is 5.92 Å². The van der Waals surface area contributed by atoms with E-state index >= 15 is 0 Å². The molecular weight excluding hydrogens is 425 g/mol. The lowest BCUT2D eigenvalue weighted by Crippen LogP contribution is -2.28. The number of carbonyl (C=O) groups is 1. The highest BCUT2D eigenvalue weighted by molar-refractivity contribution is 5.95. The minimum atomic E-state index is -4.72. The molecule has 32 heavy (non-hydrogen) atoms. The topological polar surface area (TPSA) is 103 Å². The average molecular weight is 444 g/mol. The molecule has 1 unspecified atom stereocenters. The lowest BCUT2D eigenvalue weighted by molar-refractivity contribution is -0.141. The molecule has 3 heterocycles. The van der Waals surface area contributed by atoms with Gasteiger partial charge in [0.15, 0.2) is 5.82 Å². The molecular formula is C21H19F3N6O2. The molecule has 11 heteroatoms. The third kappa shape index (κ3) is 5.16. The summed E-state index contributed by atoms with van der Waals surface area (Å²) in [7, 11) is 0. The van der Waals surface area contributed by atoms with Crippen molar-refractivity contribution in [3.63, 3.8) is 0 Å². The molecule has 3 aromatic heterocycles. The second-order valence-corrected chi connectivity index (χ2v) is 7.39. The van der Waals surface area contributed by atoms with Crippen LogP contribution in [0, 0.1) is 5.92 Å². The lowest BCUT2D eigenvalue weighted by atomic mass is 10.1. The zero-order valence-electron chi connectivity index (χ0n) is 17.0. The average Bonchev–Trinajstić information content (AvgIpc) is 3.62. The van der Waals surface area contributed by atoms with Gasteiger partial charge in [-0.1, -0.05) is 0 Å². The summed E-state index contributed by atoms with van der Waals surface area (Å²) in [5.41, 5.74) is -0.671. The van der Waals surface area contributed by atoms with Gasteiger partial charge < -0.3 is 10.1 Å². The van der Waals surface area contributed by atoms with Gasteiger partial charge in [0.2, 0.25) is 5.88 Å². The molecule has 4 rings (SSSR count). The number of hydrogen-bond acceptors (Lipinski definition) is 7. The highest BCUT2D eigenvalue weighted by atomic mass is 19.4. The maximum Gasteiger partial charge on any atom is 0.433 e. The molecule has 8 nitrogen and oxygen atoms in total. The van der Waals surface area contributed by atoms with E-state index in [1.807, 2.05) is 0 Å². The predicted octanol–water partition coefficient (Wildman–Crippen LogP) is 3.63.